The number of hydrogen-bond donors (Lipinski definition) is 2. The lowest BCUT2D eigenvalue weighted by Crippen LogP contribution is -2.24. The Morgan fingerprint density at radius 1 is 1.08 bits per heavy atom. The molecule has 1 amide bonds. The first-order valence-electron chi connectivity index (χ1n) is 8.35. The summed E-state index contributed by atoms with van der Waals surface area (Å²) in [5.41, 5.74) is 3.73. The highest BCUT2D eigenvalue weighted by Crippen LogP contribution is 2.19. The maximum atomic E-state index is 11.7. The highest BCUT2D eigenvalue weighted by Gasteiger charge is 2.04. The zero-order chi connectivity index (χ0) is 18.0. The Morgan fingerprint density at radius 3 is 2.58 bits per heavy atom. The number of carbonyl (C=O) groups excluding carboxylic acids is 1. The number of carbonyl (C=O) groups is 1. The molecule has 1 heterocycles. The molecule has 26 heavy (non-hydrogen) atoms. The van der Waals surface area contributed by atoms with Gasteiger partial charge in [-0.1, -0.05) is 72.5 Å². The summed E-state index contributed by atoms with van der Waals surface area (Å²) in [6.07, 6.45) is 1.79. The molecule has 0 aliphatic carbocycles. The number of nitrogens with one attached hydrogen (secondary N) is 2. The molecule has 0 radical (unpaired) electrons. The summed E-state index contributed by atoms with van der Waals surface area (Å²) in [7, 11) is 0. The van der Waals surface area contributed by atoms with Crippen molar-refractivity contribution in [2.45, 2.75) is 13.0 Å². The van der Waals surface area contributed by atoms with Crippen molar-refractivity contribution >= 4 is 6.09 Å². The topological polar surface area (TPSA) is 67.0 Å². The van der Waals surface area contributed by atoms with Gasteiger partial charge in [-0.15, -0.1) is 0 Å². The Bertz CT molecular complexity index is 893. The van der Waals surface area contributed by atoms with Crippen LogP contribution in [0.5, 0.6) is 0 Å². The summed E-state index contributed by atoms with van der Waals surface area (Å²) in [6.45, 7) is 0.687. The third kappa shape index (κ3) is 4.99. The quantitative estimate of drug-likeness (QED) is 0.547. The molecule has 2 aromatic carbocycles. The maximum Gasteiger partial charge on any atom is 0.407 e. The van der Waals surface area contributed by atoms with Gasteiger partial charge in [0.2, 0.25) is 0 Å². The summed E-state index contributed by atoms with van der Waals surface area (Å²) in [5.74, 6) is 6.13. The van der Waals surface area contributed by atoms with Crippen molar-refractivity contribution in [2.24, 2.45) is 0 Å². The fourth-order valence-electron chi connectivity index (χ4n) is 2.36. The molecular formula is C21H19N3O2. The van der Waals surface area contributed by atoms with Crippen molar-refractivity contribution in [1.29, 1.82) is 0 Å². The lowest BCUT2D eigenvalue weighted by Gasteiger charge is -2.05. The Hall–Kier alpha value is -3.52. The third-order valence-electron chi connectivity index (χ3n) is 3.66. The highest BCUT2D eigenvalue weighted by molar-refractivity contribution is 5.67. The summed E-state index contributed by atoms with van der Waals surface area (Å²) in [4.78, 5) is 11.7. The van der Waals surface area contributed by atoms with Crippen LogP contribution in [-0.4, -0.2) is 22.8 Å². The molecule has 0 unspecified atom stereocenters. The van der Waals surface area contributed by atoms with Gasteiger partial charge in [0.1, 0.15) is 6.61 Å². The van der Waals surface area contributed by atoms with E-state index in [1.807, 2.05) is 60.7 Å². The van der Waals surface area contributed by atoms with Crippen molar-refractivity contribution in [3.63, 3.8) is 0 Å². The summed E-state index contributed by atoms with van der Waals surface area (Å²) in [5, 5.41) is 9.72. The summed E-state index contributed by atoms with van der Waals surface area (Å²) in [6, 6.07) is 19.5. The first-order chi connectivity index (χ1) is 12.8. The standard InChI is InChI=1S/C21H19N3O2/c25-21(26-16-17-9-3-1-4-10-17)22-14-8-7-13-19-15-23-24-20(19)18-11-5-2-6-12-18/h1-6,9-12,15H,8,14,16H2,(H,22,25)(H,23,24). The van der Waals surface area contributed by atoms with Crippen LogP contribution in [0.15, 0.2) is 66.9 Å². The molecule has 130 valence electrons. The number of hydrogen-bond acceptors (Lipinski definition) is 3. The molecule has 0 aliphatic heterocycles. The Kier molecular flexibility index (Phi) is 6.05. The minimum atomic E-state index is -0.441. The second-order valence-electron chi connectivity index (χ2n) is 5.56. The molecule has 0 bridgehead atoms. The second-order valence-corrected chi connectivity index (χ2v) is 5.56. The lowest BCUT2D eigenvalue weighted by atomic mass is 10.1. The van der Waals surface area contributed by atoms with Crippen LogP contribution in [-0.2, 0) is 11.3 Å². The predicted molar refractivity (Wildman–Crippen MR) is 100 cm³/mol. The van der Waals surface area contributed by atoms with Gasteiger partial charge in [0.25, 0.3) is 0 Å². The molecule has 3 rings (SSSR count). The van der Waals surface area contributed by atoms with Gasteiger partial charge in [0.15, 0.2) is 0 Å². The minimum absolute atomic E-state index is 0.258. The molecule has 0 aliphatic rings. The lowest BCUT2D eigenvalue weighted by molar-refractivity contribution is 0.140. The Balaban J connectivity index is 1.44. The van der Waals surface area contributed by atoms with E-state index >= 15 is 0 Å². The van der Waals surface area contributed by atoms with Gasteiger partial charge in [-0.2, -0.15) is 5.10 Å². The van der Waals surface area contributed by atoms with Gasteiger partial charge < -0.3 is 10.1 Å². The van der Waals surface area contributed by atoms with Crippen LogP contribution < -0.4 is 5.32 Å². The van der Waals surface area contributed by atoms with E-state index in [-0.39, 0.29) is 6.61 Å². The molecule has 5 nitrogen and oxygen atoms in total. The van der Waals surface area contributed by atoms with E-state index in [1.54, 1.807) is 6.20 Å². The van der Waals surface area contributed by atoms with Crippen LogP contribution >= 0.6 is 0 Å². The van der Waals surface area contributed by atoms with Crippen LogP contribution in [0.4, 0.5) is 4.79 Å². The van der Waals surface area contributed by atoms with Crippen LogP contribution in [0.25, 0.3) is 11.3 Å². The minimum Gasteiger partial charge on any atom is -0.445 e. The number of ether oxygens (including phenoxy) is 1. The van der Waals surface area contributed by atoms with E-state index in [4.69, 9.17) is 4.74 Å². The zero-order valence-electron chi connectivity index (χ0n) is 14.2. The van der Waals surface area contributed by atoms with E-state index in [9.17, 15) is 4.79 Å². The fourth-order valence-corrected chi connectivity index (χ4v) is 2.36. The van der Waals surface area contributed by atoms with Gasteiger partial charge in [-0.25, -0.2) is 4.79 Å². The number of benzene rings is 2. The summed E-state index contributed by atoms with van der Waals surface area (Å²) >= 11 is 0. The van der Waals surface area contributed by atoms with E-state index < -0.39 is 6.09 Å². The van der Waals surface area contributed by atoms with Crippen LogP contribution in [0.1, 0.15) is 17.5 Å². The van der Waals surface area contributed by atoms with Crippen molar-refractivity contribution in [1.82, 2.24) is 15.5 Å². The van der Waals surface area contributed by atoms with E-state index in [0.717, 1.165) is 22.4 Å². The number of H-pyrrole nitrogens is 1. The van der Waals surface area contributed by atoms with Crippen molar-refractivity contribution < 1.29 is 9.53 Å². The number of aromatic amines is 1. The van der Waals surface area contributed by atoms with E-state index in [0.29, 0.717) is 13.0 Å². The smallest absolute Gasteiger partial charge is 0.407 e. The molecule has 0 saturated carbocycles. The molecule has 1 aromatic heterocycles. The second kappa shape index (κ2) is 9.09. The van der Waals surface area contributed by atoms with Gasteiger partial charge in [-0.05, 0) is 5.56 Å². The van der Waals surface area contributed by atoms with E-state index in [1.165, 1.54) is 0 Å². The van der Waals surface area contributed by atoms with Gasteiger partial charge >= 0.3 is 6.09 Å². The molecule has 0 atom stereocenters. The first kappa shape index (κ1) is 17.3. The maximum absolute atomic E-state index is 11.7. The number of rotatable bonds is 5. The number of amides is 1. The molecule has 0 fully saturated rings. The molecule has 0 spiro atoms. The normalized spacial score (nSPS) is 9.85. The molecule has 3 aromatic rings. The van der Waals surface area contributed by atoms with Gasteiger partial charge in [0.05, 0.1) is 17.5 Å². The molecule has 0 saturated heterocycles. The largest absolute Gasteiger partial charge is 0.445 e. The van der Waals surface area contributed by atoms with Crippen LogP contribution in [0.3, 0.4) is 0 Å². The van der Waals surface area contributed by atoms with E-state index in [2.05, 4.69) is 27.4 Å². The van der Waals surface area contributed by atoms with Crippen LogP contribution in [0.2, 0.25) is 0 Å². The Labute approximate surface area is 152 Å². The predicted octanol–water partition coefficient (Wildman–Crippen LogP) is 3.74. The molecule has 2 N–H and O–H groups in total. The first-order valence-corrected chi connectivity index (χ1v) is 8.35. The average Bonchev–Trinajstić information content (AvgIpc) is 3.16. The van der Waals surface area contributed by atoms with Crippen molar-refractivity contribution in [3.05, 3.63) is 78.0 Å². The van der Waals surface area contributed by atoms with Crippen LogP contribution in [0, 0.1) is 11.8 Å². The van der Waals surface area contributed by atoms with Gasteiger partial charge in [-0.3, -0.25) is 5.10 Å². The monoisotopic (exact) mass is 345 g/mol. The zero-order valence-corrected chi connectivity index (χ0v) is 14.2. The van der Waals surface area contributed by atoms with Crippen molar-refractivity contribution in [3.8, 4) is 23.1 Å². The third-order valence-corrected chi connectivity index (χ3v) is 3.66. The number of aromatic nitrogens is 2. The number of nitrogens with zero attached hydrogens (tertiary/aromatic N) is 1. The highest BCUT2D eigenvalue weighted by atomic mass is 16.5. The Morgan fingerprint density at radius 2 is 1.81 bits per heavy atom. The average molecular weight is 345 g/mol. The fraction of sp³-hybridized carbons (Fsp3) is 0.143. The van der Waals surface area contributed by atoms with Crippen molar-refractivity contribution in [2.75, 3.05) is 6.54 Å². The number of alkyl carbamates (subject to hydrolysis) is 1. The molecule has 5 heteroatoms. The molecular weight excluding hydrogens is 326 g/mol. The SMILES string of the molecule is O=C(NCCC#Cc1cn[nH]c1-c1ccccc1)OCc1ccccc1. The summed E-state index contributed by atoms with van der Waals surface area (Å²) < 4.78 is 5.14. The van der Waals surface area contributed by atoms with Gasteiger partial charge in [0, 0.05) is 18.5 Å².